The Hall–Kier alpha value is -3.81. The molecule has 0 aliphatic heterocycles. The van der Waals surface area contributed by atoms with Crippen LogP contribution in [-0.2, 0) is 24.2 Å². The summed E-state index contributed by atoms with van der Waals surface area (Å²) in [5, 5.41) is 18.4. The Bertz CT molecular complexity index is 1100. The normalized spacial score (nSPS) is 13.2. The molecule has 2 aromatic heterocycles. The smallest absolute Gasteiger partial charge is 0.269 e. The van der Waals surface area contributed by atoms with Crippen LogP contribution in [0.5, 0.6) is 0 Å². The van der Waals surface area contributed by atoms with Crippen LogP contribution in [0.2, 0.25) is 0 Å². The number of benzene rings is 1. The minimum atomic E-state index is -0.450. The molecule has 1 aliphatic carbocycles. The van der Waals surface area contributed by atoms with Crippen LogP contribution in [0.15, 0.2) is 54.9 Å². The summed E-state index contributed by atoms with van der Waals surface area (Å²) in [7, 11) is 0. The Labute approximate surface area is 179 Å². The largest absolute Gasteiger partial charge is 0.351 e. The monoisotopic (exact) mass is 417 g/mol. The molecule has 1 N–H and O–H groups in total. The molecule has 0 saturated heterocycles. The quantitative estimate of drug-likeness (QED) is 0.360. The number of nitro groups is 1. The van der Waals surface area contributed by atoms with Gasteiger partial charge in [0.15, 0.2) is 0 Å². The molecule has 0 spiro atoms. The highest BCUT2D eigenvalue weighted by Crippen LogP contribution is 2.30. The Morgan fingerprint density at radius 1 is 1.13 bits per heavy atom. The molecule has 2 heterocycles. The van der Waals surface area contributed by atoms with E-state index in [0.717, 1.165) is 36.1 Å². The van der Waals surface area contributed by atoms with Gasteiger partial charge in [0.25, 0.3) is 5.69 Å². The molecule has 0 unspecified atom stereocenters. The number of hydrogen-bond donors (Lipinski definition) is 1. The zero-order valence-corrected chi connectivity index (χ0v) is 17.0. The van der Waals surface area contributed by atoms with Crippen molar-refractivity contribution in [2.24, 2.45) is 0 Å². The van der Waals surface area contributed by atoms with Crippen molar-refractivity contribution in [2.45, 2.75) is 32.2 Å². The fourth-order valence-electron chi connectivity index (χ4n) is 3.82. The van der Waals surface area contributed by atoms with Gasteiger partial charge in [-0.3, -0.25) is 24.6 Å². The molecular formula is C23H23N5O3. The van der Waals surface area contributed by atoms with Crippen LogP contribution in [0.25, 0.3) is 17.3 Å². The number of nitro benzene ring substituents is 1. The van der Waals surface area contributed by atoms with Gasteiger partial charge in [0.2, 0.25) is 5.91 Å². The van der Waals surface area contributed by atoms with Crippen LogP contribution >= 0.6 is 0 Å². The van der Waals surface area contributed by atoms with Crippen molar-refractivity contribution < 1.29 is 9.72 Å². The van der Waals surface area contributed by atoms with Gasteiger partial charge < -0.3 is 5.32 Å². The first-order valence-electron chi connectivity index (χ1n) is 10.3. The lowest BCUT2D eigenvalue weighted by Crippen LogP contribution is -2.26. The van der Waals surface area contributed by atoms with Gasteiger partial charge in [-0.05, 0) is 61.6 Å². The second-order valence-electron chi connectivity index (χ2n) is 7.41. The van der Waals surface area contributed by atoms with E-state index in [-0.39, 0.29) is 11.6 Å². The van der Waals surface area contributed by atoms with E-state index < -0.39 is 4.92 Å². The minimum absolute atomic E-state index is 0.0234. The van der Waals surface area contributed by atoms with E-state index in [4.69, 9.17) is 5.10 Å². The number of fused-ring (bicyclic) bond motifs is 1. The lowest BCUT2D eigenvalue weighted by Gasteiger charge is -2.14. The average Bonchev–Trinajstić information content (AvgIpc) is 3.17. The summed E-state index contributed by atoms with van der Waals surface area (Å²) in [6.07, 6.45) is 11.0. The first-order valence-corrected chi connectivity index (χ1v) is 10.3. The van der Waals surface area contributed by atoms with E-state index in [1.54, 1.807) is 30.6 Å². The van der Waals surface area contributed by atoms with Crippen LogP contribution in [0.4, 0.5) is 5.69 Å². The van der Waals surface area contributed by atoms with E-state index in [1.165, 1.54) is 35.9 Å². The lowest BCUT2D eigenvalue weighted by molar-refractivity contribution is -0.384. The second-order valence-corrected chi connectivity index (χ2v) is 7.41. The Morgan fingerprint density at radius 3 is 2.61 bits per heavy atom. The van der Waals surface area contributed by atoms with Gasteiger partial charge in [0.1, 0.15) is 0 Å². The maximum absolute atomic E-state index is 12.2. The maximum Gasteiger partial charge on any atom is 0.269 e. The minimum Gasteiger partial charge on any atom is -0.351 e. The number of non-ortho nitro benzene ring substituents is 1. The molecule has 0 atom stereocenters. The molecule has 31 heavy (non-hydrogen) atoms. The number of aromatic nitrogens is 3. The highest BCUT2D eigenvalue weighted by molar-refractivity contribution is 5.91. The predicted molar refractivity (Wildman–Crippen MR) is 117 cm³/mol. The van der Waals surface area contributed by atoms with Crippen LogP contribution in [0, 0.1) is 10.1 Å². The Morgan fingerprint density at radius 2 is 1.87 bits per heavy atom. The predicted octanol–water partition coefficient (Wildman–Crippen LogP) is 3.56. The SMILES string of the molecule is O=C(/C=C/c1ccc([N+](=O)[O-])cc1)NCCn1nc(-c2ccncc2)c2c1CCCC2. The Kier molecular flexibility index (Phi) is 6.16. The topological polar surface area (TPSA) is 103 Å². The van der Waals surface area contributed by atoms with Crippen molar-refractivity contribution in [3.8, 4) is 11.3 Å². The standard InChI is InChI=1S/C23H23N5O3/c29-22(10-7-17-5-8-19(9-6-17)28(30)31)25-15-16-27-21-4-2-1-3-20(21)23(26-27)18-11-13-24-14-12-18/h5-14H,1-4,15-16H2,(H,25,29)/b10-7+. The van der Waals surface area contributed by atoms with Crippen molar-refractivity contribution in [1.29, 1.82) is 0 Å². The van der Waals surface area contributed by atoms with Crippen molar-refractivity contribution in [2.75, 3.05) is 6.54 Å². The summed E-state index contributed by atoms with van der Waals surface area (Å²) >= 11 is 0. The fraction of sp³-hybridized carbons (Fsp3) is 0.261. The van der Waals surface area contributed by atoms with E-state index in [9.17, 15) is 14.9 Å². The number of nitrogens with zero attached hydrogens (tertiary/aromatic N) is 4. The van der Waals surface area contributed by atoms with Gasteiger partial charge in [-0.15, -0.1) is 0 Å². The number of hydrogen-bond acceptors (Lipinski definition) is 5. The summed E-state index contributed by atoms with van der Waals surface area (Å²) in [4.78, 5) is 26.5. The highest BCUT2D eigenvalue weighted by atomic mass is 16.6. The first-order chi connectivity index (χ1) is 15.1. The molecule has 0 radical (unpaired) electrons. The third-order valence-corrected chi connectivity index (χ3v) is 5.36. The van der Waals surface area contributed by atoms with Crippen molar-refractivity contribution in [3.63, 3.8) is 0 Å². The summed E-state index contributed by atoms with van der Waals surface area (Å²) < 4.78 is 2.02. The number of pyridine rings is 1. The zero-order valence-electron chi connectivity index (χ0n) is 17.0. The molecule has 4 rings (SSSR count). The summed E-state index contributed by atoms with van der Waals surface area (Å²) in [6, 6.07) is 10.0. The first kappa shape index (κ1) is 20.5. The molecule has 0 bridgehead atoms. The van der Waals surface area contributed by atoms with Gasteiger partial charge in [-0.25, -0.2) is 0 Å². The second kappa shape index (κ2) is 9.34. The molecule has 0 fully saturated rings. The highest BCUT2D eigenvalue weighted by Gasteiger charge is 2.21. The van der Waals surface area contributed by atoms with E-state index in [2.05, 4.69) is 10.3 Å². The molecule has 1 aliphatic rings. The van der Waals surface area contributed by atoms with Crippen LogP contribution in [-0.4, -0.2) is 32.1 Å². The van der Waals surface area contributed by atoms with Gasteiger partial charge in [-0.1, -0.05) is 0 Å². The number of carbonyl (C=O) groups is 1. The molecule has 8 nitrogen and oxygen atoms in total. The fourth-order valence-corrected chi connectivity index (χ4v) is 3.82. The molecule has 1 amide bonds. The van der Waals surface area contributed by atoms with Gasteiger partial charge >= 0.3 is 0 Å². The number of carbonyl (C=O) groups excluding carboxylic acids is 1. The number of rotatable bonds is 7. The average molecular weight is 417 g/mol. The summed E-state index contributed by atoms with van der Waals surface area (Å²) in [5.41, 5.74) is 5.40. The van der Waals surface area contributed by atoms with Crippen molar-refractivity contribution in [3.05, 3.63) is 81.8 Å². The van der Waals surface area contributed by atoms with Crippen LogP contribution < -0.4 is 5.32 Å². The van der Waals surface area contributed by atoms with Gasteiger partial charge in [0, 0.05) is 54.0 Å². The molecule has 158 valence electrons. The van der Waals surface area contributed by atoms with E-state index in [1.807, 2.05) is 16.8 Å². The zero-order chi connectivity index (χ0) is 21.6. The molecule has 1 aromatic carbocycles. The number of amides is 1. The summed E-state index contributed by atoms with van der Waals surface area (Å²) in [6.45, 7) is 1.07. The van der Waals surface area contributed by atoms with Gasteiger partial charge in [-0.2, -0.15) is 5.10 Å². The third kappa shape index (κ3) is 4.85. The lowest BCUT2D eigenvalue weighted by atomic mass is 9.94. The van der Waals surface area contributed by atoms with E-state index in [0.29, 0.717) is 13.1 Å². The Balaban J connectivity index is 1.37. The van der Waals surface area contributed by atoms with Gasteiger partial charge in [0.05, 0.1) is 17.2 Å². The maximum atomic E-state index is 12.2. The molecular weight excluding hydrogens is 394 g/mol. The molecule has 0 saturated carbocycles. The summed E-state index contributed by atoms with van der Waals surface area (Å²) in [5.74, 6) is -0.214. The number of nitrogens with one attached hydrogen (secondary N) is 1. The van der Waals surface area contributed by atoms with Crippen molar-refractivity contribution in [1.82, 2.24) is 20.1 Å². The van der Waals surface area contributed by atoms with E-state index >= 15 is 0 Å². The van der Waals surface area contributed by atoms with Crippen molar-refractivity contribution >= 4 is 17.7 Å². The van der Waals surface area contributed by atoms with Crippen LogP contribution in [0.1, 0.15) is 29.7 Å². The molecule has 3 aromatic rings. The van der Waals surface area contributed by atoms with Crippen LogP contribution in [0.3, 0.4) is 0 Å². The molecule has 8 heteroatoms. The third-order valence-electron chi connectivity index (χ3n) is 5.36.